The molecule has 1 aliphatic carbocycles. The molecule has 2 amide bonds. The van der Waals surface area contributed by atoms with E-state index >= 15 is 0 Å². The van der Waals surface area contributed by atoms with Gasteiger partial charge in [-0.25, -0.2) is 4.79 Å². The van der Waals surface area contributed by atoms with Gasteiger partial charge in [0.2, 0.25) is 5.91 Å². The Morgan fingerprint density at radius 1 is 1.21 bits per heavy atom. The Hall–Kier alpha value is -2.49. The summed E-state index contributed by atoms with van der Waals surface area (Å²) in [6.45, 7) is 7.33. The predicted octanol–water partition coefficient (Wildman–Crippen LogP) is 3.36. The highest BCUT2D eigenvalue weighted by Crippen LogP contribution is 2.48. The van der Waals surface area contributed by atoms with E-state index in [2.05, 4.69) is 15.4 Å². The molecule has 10 heteroatoms. The Balaban J connectivity index is 1.46. The van der Waals surface area contributed by atoms with Crippen LogP contribution in [0.15, 0.2) is 18.2 Å². The fourth-order valence-electron chi connectivity index (χ4n) is 5.36. The molecule has 7 nitrogen and oxygen atoms in total. The molecule has 2 heterocycles. The van der Waals surface area contributed by atoms with Gasteiger partial charge in [0.05, 0.1) is 5.41 Å². The van der Waals surface area contributed by atoms with E-state index < -0.39 is 23.5 Å². The number of ether oxygens (including phenoxy) is 2. The van der Waals surface area contributed by atoms with Gasteiger partial charge in [0.15, 0.2) is 0 Å². The molecule has 1 saturated carbocycles. The third-order valence-electron chi connectivity index (χ3n) is 6.65. The second-order valence-corrected chi connectivity index (χ2v) is 10.2. The van der Waals surface area contributed by atoms with Crippen molar-refractivity contribution in [2.75, 3.05) is 19.6 Å². The highest BCUT2D eigenvalue weighted by atomic mass is 19.4. The van der Waals surface area contributed by atoms with E-state index in [1.807, 2.05) is 0 Å². The van der Waals surface area contributed by atoms with E-state index in [1.165, 1.54) is 12.1 Å². The molecule has 0 spiro atoms. The molecule has 1 aromatic carbocycles. The Labute approximate surface area is 191 Å². The van der Waals surface area contributed by atoms with Crippen LogP contribution in [0.4, 0.5) is 18.0 Å². The molecule has 0 bridgehead atoms. The van der Waals surface area contributed by atoms with Crippen LogP contribution >= 0.6 is 0 Å². The van der Waals surface area contributed by atoms with Crippen molar-refractivity contribution in [3.8, 4) is 5.75 Å². The van der Waals surface area contributed by atoms with Gasteiger partial charge in [-0.1, -0.05) is 6.07 Å². The summed E-state index contributed by atoms with van der Waals surface area (Å²) in [5.41, 5.74) is 0.334. The van der Waals surface area contributed by atoms with Crippen molar-refractivity contribution in [3.63, 3.8) is 0 Å². The van der Waals surface area contributed by atoms with Crippen LogP contribution < -0.4 is 15.4 Å². The van der Waals surface area contributed by atoms with E-state index in [0.717, 1.165) is 5.56 Å². The molecule has 0 unspecified atom stereocenters. The molecular weight excluding hydrogens is 439 g/mol. The van der Waals surface area contributed by atoms with Crippen LogP contribution in [0.2, 0.25) is 0 Å². The summed E-state index contributed by atoms with van der Waals surface area (Å²) >= 11 is 0. The minimum atomic E-state index is -4.76. The fourth-order valence-corrected chi connectivity index (χ4v) is 5.36. The molecule has 2 aliphatic heterocycles. The quantitative estimate of drug-likeness (QED) is 0.710. The molecule has 2 N–H and O–H groups in total. The van der Waals surface area contributed by atoms with Crippen LogP contribution in [0.25, 0.3) is 0 Å². The molecule has 1 saturated heterocycles. The second kappa shape index (κ2) is 8.38. The first kappa shape index (κ1) is 23.7. The van der Waals surface area contributed by atoms with Gasteiger partial charge in [0.25, 0.3) is 0 Å². The fraction of sp³-hybridized carbons (Fsp3) is 0.652. The average molecular weight is 470 g/mol. The number of alkyl halides is 3. The summed E-state index contributed by atoms with van der Waals surface area (Å²) in [5.74, 6) is -0.221. The number of carbonyl (C=O) groups excluding carboxylic acids is 2. The first-order valence-corrected chi connectivity index (χ1v) is 11.2. The molecule has 3 aliphatic rings. The van der Waals surface area contributed by atoms with Gasteiger partial charge in [-0.2, -0.15) is 0 Å². The Kier molecular flexibility index (Phi) is 6.01. The van der Waals surface area contributed by atoms with Gasteiger partial charge < -0.3 is 25.0 Å². The monoisotopic (exact) mass is 469 g/mol. The number of alkyl carbamates (subject to hydrolysis) is 1. The van der Waals surface area contributed by atoms with Crippen LogP contribution in [-0.4, -0.2) is 54.5 Å². The lowest BCUT2D eigenvalue weighted by Crippen LogP contribution is -2.49. The van der Waals surface area contributed by atoms with Crippen molar-refractivity contribution in [2.24, 2.45) is 11.3 Å². The number of hydrogen-bond donors (Lipinski definition) is 2. The lowest BCUT2D eigenvalue weighted by Gasteiger charge is -2.37. The van der Waals surface area contributed by atoms with E-state index in [1.54, 1.807) is 31.7 Å². The lowest BCUT2D eigenvalue weighted by molar-refractivity contribution is -0.274. The molecular formula is C23H30F3N3O4. The van der Waals surface area contributed by atoms with Crippen LogP contribution in [0.3, 0.4) is 0 Å². The number of nitrogens with one attached hydrogen (secondary N) is 2. The normalized spacial score (nSPS) is 27.0. The topological polar surface area (TPSA) is 79.9 Å². The van der Waals surface area contributed by atoms with Crippen molar-refractivity contribution < 1.29 is 32.2 Å². The maximum absolute atomic E-state index is 13.7. The van der Waals surface area contributed by atoms with Crippen LogP contribution in [0.5, 0.6) is 5.75 Å². The summed E-state index contributed by atoms with van der Waals surface area (Å²) in [6.07, 6.45) is -3.51. The van der Waals surface area contributed by atoms with Crippen molar-refractivity contribution >= 4 is 12.0 Å². The number of halogens is 3. The maximum atomic E-state index is 13.7. The van der Waals surface area contributed by atoms with Crippen LogP contribution in [0, 0.1) is 11.3 Å². The van der Waals surface area contributed by atoms with Crippen molar-refractivity contribution in [2.45, 2.75) is 64.6 Å². The lowest BCUT2D eigenvalue weighted by atomic mass is 9.78. The molecule has 33 heavy (non-hydrogen) atoms. The Bertz CT molecular complexity index is 931. The van der Waals surface area contributed by atoms with Gasteiger partial charge >= 0.3 is 12.5 Å². The number of benzene rings is 1. The molecule has 4 rings (SSSR count). The van der Waals surface area contributed by atoms with E-state index in [9.17, 15) is 22.8 Å². The number of hydrogen-bond acceptors (Lipinski definition) is 5. The first-order valence-electron chi connectivity index (χ1n) is 11.2. The minimum absolute atomic E-state index is 0.0150. The first-order chi connectivity index (χ1) is 15.3. The molecule has 182 valence electrons. The predicted molar refractivity (Wildman–Crippen MR) is 113 cm³/mol. The summed E-state index contributed by atoms with van der Waals surface area (Å²) in [5, 5.41) is 6.22. The molecule has 0 radical (unpaired) electrons. The number of rotatable bonds is 3. The number of fused-ring (bicyclic) bond motifs is 2. The highest BCUT2D eigenvalue weighted by molar-refractivity contribution is 5.85. The zero-order valence-electron chi connectivity index (χ0n) is 19.1. The third-order valence-corrected chi connectivity index (χ3v) is 6.65. The van der Waals surface area contributed by atoms with Crippen LogP contribution in [-0.2, 0) is 22.5 Å². The smallest absolute Gasteiger partial charge is 0.444 e. The van der Waals surface area contributed by atoms with Crippen molar-refractivity contribution in [1.29, 1.82) is 0 Å². The van der Waals surface area contributed by atoms with Crippen LogP contribution in [0.1, 0.15) is 44.7 Å². The number of amides is 2. The SMILES string of the molecule is CC(C)(C)OC(=O)N[C@@H]1C[C@H]2CNC[C@@]2(C(=O)N2CCc3ccc(OC(F)(F)F)cc3C2)C1. The van der Waals surface area contributed by atoms with Gasteiger partial charge in [-0.3, -0.25) is 4.79 Å². The summed E-state index contributed by atoms with van der Waals surface area (Å²) in [4.78, 5) is 27.7. The number of nitrogens with zero attached hydrogens (tertiary/aromatic N) is 1. The standard InChI is InChI=1S/C23H30F3N3O4/c1-21(2,3)33-20(31)28-17-9-16-11-27-13-22(16,10-17)19(30)29-7-6-14-4-5-18(8-15(14)12-29)32-23(24,25)26/h4-5,8,16-17,27H,6-7,9-13H2,1-3H3,(H,28,31)/t16-,17+,22-/m0/s1. The van der Waals surface area contributed by atoms with Gasteiger partial charge in [0, 0.05) is 25.7 Å². The van der Waals surface area contributed by atoms with E-state index in [0.29, 0.717) is 44.5 Å². The van der Waals surface area contributed by atoms with Gasteiger partial charge in [-0.05, 0) is 75.8 Å². The van der Waals surface area contributed by atoms with Gasteiger partial charge in [0.1, 0.15) is 11.4 Å². The van der Waals surface area contributed by atoms with E-state index in [4.69, 9.17) is 4.74 Å². The molecule has 2 fully saturated rings. The Morgan fingerprint density at radius 3 is 2.67 bits per heavy atom. The van der Waals surface area contributed by atoms with E-state index in [-0.39, 0.29) is 30.2 Å². The van der Waals surface area contributed by atoms with Gasteiger partial charge in [-0.15, -0.1) is 13.2 Å². The summed E-state index contributed by atoms with van der Waals surface area (Å²) < 4.78 is 47.3. The Morgan fingerprint density at radius 2 is 1.97 bits per heavy atom. The average Bonchev–Trinajstić information content (AvgIpc) is 3.21. The largest absolute Gasteiger partial charge is 0.573 e. The molecule has 3 atom stereocenters. The maximum Gasteiger partial charge on any atom is 0.573 e. The molecule has 0 aromatic heterocycles. The second-order valence-electron chi connectivity index (χ2n) is 10.2. The zero-order valence-corrected chi connectivity index (χ0v) is 19.1. The zero-order chi connectivity index (χ0) is 24.0. The summed E-state index contributed by atoms with van der Waals surface area (Å²) in [6, 6.07) is 4.14. The number of carbonyl (C=O) groups is 2. The van der Waals surface area contributed by atoms with Crippen molar-refractivity contribution in [3.05, 3.63) is 29.3 Å². The summed E-state index contributed by atoms with van der Waals surface area (Å²) in [7, 11) is 0. The third kappa shape index (κ3) is 5.20. The van der Waals surface area contributed by atoms with Crippen molar-refractivity contribution in [1.82, 2.24) is 15.5 Å². The highest BCUT2D eigenvalue weighted by Gasteiger charge is 2.56. The minimum Gasteiger partial charge on any atom is -0.444 e. The molecule has 1 aromatic rings.